The van der Waals surface area contributed by atoms with E-state index in [-0.39, 0.29) is 33.3 Å². The van der Waals surface area contributed by atoms with Gasteiger partial charge in [0.1, 0.15) is 11.3 Å². The highest BCUT2D eigenvalue weighted by atomic mass is 35.5. The van der Waals surface area contributed by atoms with Crippen molar-refractivity contribution >= 4 is 49.9 Å². The van der Waals surface area contributed by atoms with Gasteiger partial charge in [-0.25, -0.2) is 22.6 Å². The minimum Gasteiger partial charge on any atom is -0.478 e. The Balaban J connectivity index is 2.02. The molecule has 9 nitrogen and oxygen atoms in total. The molecule has 4 rings (SSSR count). The number of carbonyl (C=O) groups is 1. The molecule has 34 heavy (non-hydrogen) atoms. The number of anilines is 2. The second-order valence-corrected chi connectivity index (χ2v) is 10.3. The molecule has 0 radical (unpaired) electrons. The number of hydrogen-bond acceptors (Lipinski definition) is 6. The van der Waals surface area contributed by atoms with Gasteiger partial charge in [0.25, 0.3) is 5.56 Å². The Morgan fingerprint density at radius 3 is 2.68 bits per heavy atom. The quantitative estimate of drug-likeness (QED) is 0.364. The zero-order valence-corrected chi connectivity index (χ0v) is 19.5. The first-order valence-electron chi connectivity index (χ1n) is 9.78. The number of rotatable bonds is 6. The second kappa shape index (κ2) is 8.58. The van der Waals surface area contributed by atoms with Crippen molar-refractivity contribution in [1.29, 1.82) is 0 Å². The Hall–Kier alpha value is -3.70. The van der Waals surface area contributed by atoms with Gasteiger partial charge in [-0.15, -0.1) is 0 Å². The van der Waals surface area contributed by atoms with Crippen LogP contribution in [0.2, 0.25) is 5.02 Å². The zero-order chi connectivity index (χ0) is 24.8. The first kappa shape index (κ1) is 23.5. The third-order valence-corrected chi connectivity index (χ3v) is 6.24. The maximum Gasteiger partial charge on any atom is 0.335 e. The molecule has 1 aromatic carbocycles. The van der Waals surface area contributed by atoms with Crippen molar-refractivity contribution in [3.63, 3.8) is 0 Å². The summed E-state index contributed by atoms with van der Waals surface area (Å²) in [5.41, 5.74) is 0.608. The van der Waals surface area contributed by atoms with Crippen LogP contribution in [-0.2, 0) is 22.6 Å². The van der Waals surface area contributed by atoms with E-state index in [9.17, 15) is 27.5 Å². The van der Waals surface area contributed by atoms with Crippen molar-refractivity contribution in [1.82, 2.24) is 14.5 Å². The highest BCUT2D eigenvalue weighted by molar-refractivity contribution is 7.89. The summed E-state index contributed by atoms with van der Waals surface area (Å²) in [6, 6.07) is 6.94. The number of hydrogen-bond donors (Lipinski definition) is 3. The van der Waals surface area contributed by atoms with Crippen molar-refractivity contribution < 1.29 is 22.7 Å². The standard InChI is InChI=1S/C22H18ClFN4O5S/c1-28-20(27-19-16(24)8-13(23)9-26-19)17(15-5-6-25-18(15)21(28)29)11-3-4-14(22(30)31)12(7-11)10-34(2,32)33/h3-9,25H,10H2,1-2H3,(H,26,27)(H,30,31). The lowest BCUT2D eigenvalue weighted by atomic mass is 9.97. The molecule has 0 saturated heterocycles. The van der Waals surface area contributed by atoms with Gasteiger partial charge in [0.15, 0.2) is 21.5 Å². The van der Waals surface area contributed by atoms with Gasteiger partial charge in [-0.05, 0) is 35.4 Å². The van der Waals surface area contributed by atoms with Crippen molar-refractivity contribution in [2.45, 2.75) is 5.75 Å². The zero-order valence-electron chi connectivity index (χ0n) is 17.9. The fraction of sp³-hybridized carbons (Fsp3) is 0.136. The fourth-order valence-electron chi connectivity index (χ4n) is 3.74. The van der Waals surface area contributed by atoms with Crippen LogP contribution in [0, 0.1) is 5.82 Å². The van der Waals surface area contributed by atoms with E-state index >= 15 is 0 Å². The van der Waals surface area contributed by atoms with E-state index < -0.39 is 32.9 Å². The van der Waals surface area contributed by atoms with Crippen LogP contribution >= 0.6 is 11.6 Å². The van der Waals surface area contributed by atoms with E-state index in [0.717, 1.165) is 12.3 Å². The van der Waals surface area contributed by atoms with Gasteiger partial charge in [0.05, 0.1) is 16.3 Å². The van der Waals surface area contributed by atoms with Crippen LogP contribution in [0.15, 0.2) is 47.5 Å². The minimum atomic E-state index is -3.56. The Bertz CT molecular complexity index is 1630. The number of pyridine rings is 2. The molecule has 0 atom stereocenters. The smallest absolute Gasteiger partial charge is 0.335 e. The molecule has 3 N–H and O–H groups in total. The van der Waals surface area contributed by atoms with Crippen molar-refractivity contribution in [2.75, 3.05) is 11.6 Å². The first-order chi connectivity index (χ1) is 16.0. The third kappa shape index (κ3) is 4.39. The molecule has 0 aliphatic rings. The molecule has 0 aliphatic heterocycles. The number of sulfone groups is 1. The topological polar surface area (TPSA) is 134 Å². The molecule has 0 amide bonds. The predicted octanol–water partition coefficient (Wildman–Crippen LogP) is 3.71. The molecule has 3 heterocycles. The summed E-state index contributed by atoms with van der Waals surface area (Å²) in [6.45, 7) is 0. The highest BCUT2D eigenvalue weighted by Crippen LogP contribution is 2.36. The third-order valence-electron chi connectivity index (χ3n) is 5.19. The molecule has 0 unspecified atom stereocenters. The molecule has 0 aliphatic carbocycles. The Kier molecular flexibility index (Phi) is 5.92. The summed E-state index contributed by atoms with van der Waals surface area (Å²) in [5.74, 6) is -2.55. The number of halogens is 2. The van der Waals surface area contributed by atoms with E-state index in [4.69, 9.17) is 11.6 Å². The lowest BCUT2D eigenvalue weighted by Crippen LogP contribution is -2.21. The fourth-order valence-corrected chi connectivity index (χ4v) is 4.68. The van der Waals surface area contributed by atoms with Gasteiger partial charge in [-0.1, -0.05) is 17.7 Å². The molecular weight excluding hydrogens is 487 g/mol. The number of fused-ring (bicyclic) bond motifs is 1. The number of aromatic amines is 1. The number of nitrogens with one attached hydrogen (secondary N) is 2. The number of carboxylic acid groups (broad SMARTS) is 1. The average molecular weight is 505 g/mol. The summed E-state index contributed by atoms with van der Waals surface area (Å²) in [6.07, 6.45) is 3.80. The van der Waals surface area contributed by atoms with Crippen molar-refractivity contribution in [3.8, 4) is 11.1 Å². The second-order valence-electron chi connectivity index (χ2n) is 7.71. The molecule has 176 valence electrons. The lowest BCUT2D eigenvalue weighted by molar-refractivity contribution is 0.0696. The van der Waals surface area contributed by atoms with Gasteiger partial charge in [0.2, 0.25) is 0 Å². The van der Waals surface area contributed by atoms with Crippen molar-refractivity contribution in [3.05, 3.63) is 75.0 Å². The normalized spacial score (nSPS) is 11.6. The minimum absolute atomic E-state index is 0.0757. The van der Waals surface area contributed by atoms with Crippen LogP contribution in [-0.4, -0.2) is 40.3 Å². The van der Waals surface area contributed by atoms with E-state index in [1.165, 1.54) is 36.0 Å². The van der Waals surface area contributed by atoms with Crippen LogP contribution in [0.5, 0.6) is 0 Å². The van der Waals surface area contributed by atoms with Crippen molar-refractivity contribution in [2.24, 2.45) is 7.05 Å². The summed E-state index contributed by atoms with van der Waals surface area (Å²) in [4.78, 5) is 31.4. The van der Waals surface area contributed by atoms with Crippen LogP contribution in [0.3, 0.4) is 0 Å². The summed E-state index contributed by atoms with van der Waals surface area (Å²) < 4.78 is 39.7. The molecule has 0 fully saturated rings. The molecule has 0 spiro atoms. The summed E-state index contributed by atoms with van der Waals surface area (Å²) in [7, 11) is -2.08. The van der Waals surface area contributed by atoms with E-state index in [0.29, 0.717) is 16.5 Å². The van der Waals surface area contributed by atoms with Crippen LogP contribution in [0.4, 0.5) is 16.0 Å². The Labute approximate surface area is 197 Å². The van der Waals surface area contributed by atoms with Crippen LogP contribution in [0.1, 0.15) is 15.9 Å². The van der Waals surface area contributed by atoms with Gasteiger partial charge < -0.3 is 15.4 Å². The van der Waals surface area contributed by atoms with E-state index in [1.54, 1.807) is 12.3 Å². The number of carboxylic acids is 1. The van der Waals surface area contributed by atoms with E-state index in [2.05, 4.69) is 15.3 Å². The summed E-state index contributed by atoms with van der Waals surface area (Å²) in [5, 5.41) is 12.9. The van der Waals surface area contributed by atoms with Crippen LogP contribution < -0.4 is 10.9 Å². The number of aromatic carboxylic acids is 1. The lowest BCUT2D eigenvalue weighted by Gasteiger charge is -2.18. The molecule has 3 aromatic heterocycles. The Morgan fingerprint density at radius 1 is 1.29 bits per heavy atom. The van der Waals surface area contributed by atoms with Gasteiger partial charge in [0, 0.05) is 36.6 Å². The van der Waals surface area contributed by atoms with Gasteiger partial charge in [-0.3, -0.25) is 9.36 Å². The van der Waals surface area contributed by atoms with Crippen LogP contribution in [0.25, 0.3) is 22.0 Å². The molecule has 0 bridgehead atoms. The highest BCUT2D eigenvalue weighted by Gasteiger charge is 2.22. The summed E-state index contributed by atoms with van der Waals surface area (Å²) >= 11 is 5.79. The number of nitrogens with zero attached hydrogens (tertiary/aromatic N) is 2. The molecule has 0 saturated carbocycles. The largest absolute Gasteiger partial charge is 0.478 e. The predicted molar refractivity (Wildman–Crippen MR) is 127 cm³/mol. The average Bonchev–Trinajstić information content (AvgIpc) is 3.22. The first-order valence-corrected chi connectivity index (χ1v) is 12.2. The monoisotopic (exact) mass is 504 g/mol. The van der Waals surface area contributed by atoms with Gasteiger partial charge in [-0.2, -0.15) is 0 Å². The SMILES string of the molecule is Cn1c(Nc2ncc(Cl)cc2F)c(-c2ccc(C(=O)O)c(CS(C)(=O)=O)c2)c2cc[nH]c2c1=O. The molecule has 4 aromatic rings. The van der Waals surface area contributed by atoms with E-state index in [1.807, 2.05) is 0 Å². The number of benzene rings is 1. The van der Waals surface area contributed by atoms with Gasteiger partial charge >= 0.3 is 5.97 Å². The molecular formula is C22H18ClFN4O5S. The maximum atomic E-state index is 14.5. The Morgan fingerprint density at radius 2 is 2.03 bits per heavy atom. The number of H-pyrrole nitrogens is 1. The number of aromatic nitrogens is 3. The maximum absolute atomic E-state index is 14.5. The molecule has 12 heteroatoms.